The Morgan fingerprint density at radius 3 is 2.77 bits per heavy atom. The SMILES string of the molecule is Cc1cccc(OCCCC(=O)Nc2cc(F)ccc2F)c1. The number of ether oxygens (including phenoxy) is 1. The van der Waals surface area contributed by atoms with Gasteiger partial charge in [0.15, 0.2) is 0 Å². The van der Waals surface area contributed by atoms with Crippen molar-refractivity contribution in [2.75, 3.05) is 11.9 Å². The van der Waals surface area contributed by atoms with Gasteiger partial charge in [-0.15, -0.1) is 0 Å². The molecule has 1 amide bonds. The molecule has 0 saturated carbocycles. The lowest BCUT2D eigenvalue weighted by molar-refractivity contribution is -0.116. The van der Waals surface area contributed by atoms with Gasteiger partial charge in [-0.3, -0.25) is 4.79 Å². The van der Waals surface area contributed by atoms with E-state index in [-0.39, 0.29) is 18.0 Å². The minimum absolute atomic E-state index is 0.149. The number of aryl methyl sites for hydroxylation is 1. The zero-order valence-corrected chi connectivity index (χ0v) is 12.2. The summed E-state index contributed by atoms with van der Waals surface area (Å²) in [5.41, 5.74) is 0.946. The van der Waals surface area contributed by atoms with E-state index in [1.54, 1.807) is 0 Å². The summed E-state index contributed by atoms with van der Waals surface area (Å²) >= 11 is 0. The number of benzene rings is 2. The van der Waals surface area contributed by atoms with Crippen LogP contribution in [0.15, 0.2) is 42.5 Å². The second-order valence-electron chi connectivity index (χ2n) is 4.94. The molecule has 116 valence electrons. The molecule has 22 heavy (non-hydrogen) atoms. The van der Waals surface area contributed by atoms with Gasteiger partial charge in [-0.05, 0) is 43.2 Å². The first-order chi connectivity index (χ1) is 10.5. The van der Waals surface area contributed by atoms with Crippen molar-refractivity contribution < 1.29 is 18.3 Å². The predicted molar refractivity (Wildman–Crippen MR) is 80.9 cm³/mol. The van der Waals surface area contributed by atoms with Gasteiger partial charge in [-0.1, -0.05) is 12.1 Å². The van der Waals surface area contributed by atoms with Crippen LogP contribution >= 0.6 is 0 Å². The number of halogens is 2. The van der Waals surface area contributed by atoms with E-state index in [0.717, 1.165) is 29.5 Å². The summed E-state index contributed by atoms with van der Waals surface area (Å²) in [6.45, 7) is 2.34. The average Bonchev–Trinajstić information content (AvgIpc) is 2.48. The second-order valence-corrected chi connectivity index (χ2v) is 4.94. The number of rotatable bonds is 6. The molecule has 0 unspecified atom stereocenters. The summed E-state index contributed by atoms with van der Waals surface area (Å²) in [6, 6.07) is 10.5. The number of nitrogens with one attached hydrogen (secondary N) is 1. The maximum atomic E-state index is 13.4. The summed E-state index contributed by atoms with van der Waals surface area (Å²) in [7, 11) is 0. The highest BCUT2D eigenvalue weighted by molar-refractivity contribution is 5.90. The first-order valence-corrected chi connectivity index (χ1v) is 6.99. The van der Waals surface area contributed by atoms with Crippen molar-refractivity contribution in [2.24, 2.45) is 0 Å². The molecule has 0 heterocycles. The molecule has 0 bridgehead atoms. The van der Waals surface area contributed by atoms with Crippen molar-refractivity contribution in [1.82, 2.24) is 0 Å². The van der Waals surface area contributed by atoms with E-state index in [2.05, 4.69) is 5.32 Å². The Morgan fingerprint density at radius 2 is 2.00 bits per heavy atom. The fourth-order valence-corrected chi connectivity index (χ4v) is 1.93. The van der Waals surface area contributed by atoms with Crippen molar-refractivity contribution in [3.63, 3.8) is 0 Å². The number of carbonyl (C=O) groups excluding carboxylic acids is 1. The van der Waals surface area contributed by atoms with E-state index in [4.69, 9.17) is 4.74 Å². The fraction of sp³-hybridized carbons (Fsp3) is 0.235. The summed E-state index contributed by atoms with van der Waals surface area (Å²) in [5.74, 6) is -0.890. The van der Waals surface area contributed by atoms with Gasteiger partial charge < -0.3 is 10.1 Å². The van der Waals surface area contributed by atoms with Crippen LogP contribution in [0.4, 0.5) is 14.5 Å². The minimum atomic E-state index is -0.661. The Hall–Kier alpha value is -2.43. The maximum absolute atomic E-state index is 13.4. The summed E-state index contributed by atoms with van der Waals surface area (Å²) in [4.78, 5) is 11.7. The number of hydrogen-bond acceptors (Lipinski definition) is 2. The van der Waals surface area contributed by atoms with E-state index >= 15 is 0 Å². The molecule has 2 aromatic rings. The highest BCUT2D eigenvalue weighted by Crippen LogP contribution is 2.16. The molecule has 0 radical (unpaired) electrons. The molecule has 5 heteroatoms. The lowest BCUT2D eigenvalue weighted by atomic mass is 10.2. The highest BCUT2D eigenvalue weighted by Gasteiger charge is 2.08. The minimum Gasteiger partial charge on any atom is -0.494 e. The molecule has 0 atom stereocenters. The smallest absolute Gasteiger partial charge is 0.224 e. The van der Waals surface area contributed by atoms with Crippen LogP contribution in [-0.4, -0.2) is 12.5 Å². The summed E-state index contributed by atoms with van der Waals surface area (Å²) in [6.07, 6.45) is 0.651. The molecule has 0 saturated heterocycles. The Bertz CT molecular complexity index is 659. The standard InChI is InChI=1S/C17H17F2NO2/c1-12-4-2-5-14(10-12)22-9-3-6-17(21)20-16-11-13(18)7-8-15(16)19/h2,4-5,7-8,10-11H,3,6,9H2,1H3,(H,20,21). The number of amides is 1. The number of carbonyl (C=O) groups is 1. The van der Waals surface area contributed by atoms with Crippen LogP contribution in [0.2, 0.25) is 0 Å². The Labute approximate surface area is 127 Å². The molecule has 0 aliphatic carbocycles. The highest BCUT2D eigenvalue weighted by atomic mass is 19.1. The third-order valence-corrected chi connectivity index (χ3v) is 3.01. The van der Waals surface area contributed by atoms with Crippen LogP contribution in [0.25, 0.3) is 0 Å². The molecule has 0 aliphatic heterocycles. The van der Waals surface area contributed by atoms with Gasteiger partial charge in [0.25, 0.3) is 0 Å². The van der Waals surface area contributed by atoms with Crippen LogP contribution < -0.4 is 10.1 Å². The van der Waals surface area contributed by atoms with E-state index in [1.165, 1.54) is 0 Å². The van der Waals surface area contributed by atoms with Crippen LogP contribution in [0.5, 0.6) is 5.75 Å². The van der Waals surface area contributed by atoms with Crippen LogP contribution in [0.3, 0.4) is 0 Å². The van der Waals surface area contributed by atoms with E-state index in [1.807, 2.05) is 31.2 Å². The third-order valence-electron chi connectivity index (χ3n) is 3.01. The van der Waals surface area contributed by atoms with Crippen molar-refractivity contribution in [2.45, 2.75) is 19.8 Å². The molecule has 0 fully saturated rings. The van der Waals surface area contributed by atoms with Gasteiger partial charge in [-0.25, -0.2) is 8.78 Å². The van der Waals surface area contributed by atoms with Crippen molar-refractivity contribution in [3.05, 3.63) is 59.7 Å². The van der Waals surface area contributed by atoms with Gasteiger partial charge >= 0.3 is 0 Å². The molecular formula is C17H17F2NO2. The summed E-state index contributed by atoms with van der Waals surface area (Å²) < 4.78 is 31.9. The second kappa shape index (κ2) is 7.54. The largest absolute Gasteiger partial charge is 0.494 e. The molecule has 2 aromatic carbocycles. The molecular weight excluding hydrogens is 288 g/mol. The van der Waals surface area contributed by atoms with Crippen molar-refractivity contribution in [1.29, 1.82) is 0 Å². The molecule has 0 aromatic heterocycles. The zero-order chi connectivity index (χ0) is 15.9. The third kappa shape index (κ3) is 4.84. The predicted octanol–water partition coefficient (Wildman–Crippen LogP) is 4.07. The average molecular weight is 305 g/mol. The molecule has 0 spiro atoms. The lowest BCUT2D eigenvalue weighted by Crippen LogP contribution is -2.14. The fourth-order valence-electron chi connectivity index (χ4n) is 1.93. The molecule has 3 nitrogen and oxygen atoms in total. The van der Waals surface area contributed by atoms with Crippen molar-refractivity contribution in [3.8, 4) is 5.75 Å². The first-order valence-electron chi connectivity index (χ1n) is 6.99. The molecule has 2 rings (SSSR count). The molecule has 0 aliphatic rings. The van der Waals surface area contributed by atoms with Gasteiger partial charge in [0.05, 0.1) is 12.3 Å². The van der Waals surface area contributed by atoms with Gasteiger partial charge in [0.1, 0.15) is 17.4 Å². The van der Waals surface area contributed by atoms with Gasteiger partial charge in [-0.2, -0.15) is 0 Å². The zero-order valence-electron chi connectivity index (χ0n) is 12.2. The lowest BCUT2D eigenvalue weighted by Gasteiger charge is -2.08. The quantitative estimate of drug-likeness (QED) is 0.817. The maximum Gasteiger partial charge on any atom is 0.224 e. The monoisotopic (exact) mass is 305 g/mol. The normalized spacial score (nSPS) is 10.3. The van der Waals surface area contributed by atoms with E-state index in [9.17, 15) is 13.6 Å². The van der Waals surface area contributed by atoms with E-state index in [0.29, 0.717) is 13.0 Å². The van der Waals surface area contributed by atoms with Crippen LogP contribution in [0, 0.1) is 18.6 Å². The molecule has 1 N–H and O–H groups in total. The Kier molecular flexibility index (Phi) is 5.47. The number of anilines is 1. The van der Waals surface area contributed by atoms with Gasteiger partial charge in [0.2, 0.25) is 5.91 Å². The van der Waals surface area contributed by atoms with Gasteiger partial charge in [0, 0.05) is 12.5 Å². The van der Waals surface area contributed by atoms with Crippen LogP contribution in [-0.2, 0) is 4.79 Å². The number of hydrogen-bond donors (Lipinski definition) is 1. The van der Waals surface area contributed by atoms with Crippen molar-refractivity contribution >= 4 is 11.6 Å². The van der Waals surface area contributed by atoms with Crippen LogP contribution in [0.1, 0.15) is 18.4 Å². The Morgan fingerprint density at radius 1 is 1.18 bits per heavy atom. The Balaban J connectivity index is 1.75. The van der Waals surface area contributed by atoms with E-state index < -0.39 is 11.6 Å². The first kappa shape index (κ1) is 15.9. The summed E-state index contributed by atoms with van der Waals surface area (Å²) in [5, 5.41) is 2.35. The topological polar surface area (TPSA) is 38.3 Å².